The number of alkyl carbamates (subject to hydrolysis) is 1. The lowest BCUT2D eigenvalue weighted by molar-refractivity contribution is -0.143. The predicted molar refractivity (Wildman–Crippen MR) is 165 cm³/mol. The van der Waals surface area contributed by atoms with E-state index in [-0.39, 0.29) is 11.9 Å². The summed E-state index contributed by atoms with van der Waals surface area (Å²) in [6.45, 7) is 1.86. The number of unbranched alkanes of at least 4 members (excludes halogenated alkanes) is 3. The number of amides is 2. The van der Waals surface area contributed by atoms with Gasteiger partial charge in [-0.3, -0.25) is 18.7 Å². The number of carbonyl (C=O) groups excluding carboxylic acids is 3. The van der Waals surface area contributed by atoms with E-state index in [4.69, 9.17) is 9.47 Å². The fourth-order valence-electron chi connectivity index (χ4n) is 5.00. The normalized spacial score (nSPS) is 17.1. The van der Waals surface area contributed by atoms with Crippen LogP contribution in [0.4, 0.5) is 13.6 Å². The molecule has 14 nitrogen and oxygen atoms in total. The first kappa shape index (κ1) is 40.5. The number of piperidine rings is 1. The first-order chi connectivity index (χ1) is 21.9. The van der Waals surface area contributed by atoms with Crippen LogP contribution in [0, 0.1) is 0 Å². The minimum atomic E-state index is -5.71. The standard InChI is InChI=1S/C29H44F2N2O12P2/c1-2-44-26(35)16-8-3-4-9-21-33-23(14-10-15-25(33)34)17-18-24(29(30,31)22-12-6-5-7-13-22)45-27(36)32-20-11-19-28(37,46(38,39)40)47(41,42)43/h5-7,12-13,17-18,23-24,37H,2-4,8-11,14-16,19-21H2,1H3,(H,32,36)(H2,38,39,40)(H2,41,42,43)/t23-,24-/m1/s1. The van der Waals surface area contributed by atoms with Gasteiger partial charge in [0.25, 0.3) is 5.08 Å². The molecule has 1 aromatic carbocycles. The van der Waals surface area contributed by atoms with E-state index < -0.39 is 69.4 Å². The van der Waals surface area contributed by atoms with Gasteiger partial charge < -0.3 is 44.4 Å². The molecule has 0 unspecified atom stereocenters. The quantitative estimate of drug-likeness (QED) is 0.0517. The molecule has 1 aliphatic rings. The SMILES string of the molecule is CCOC(=O)CCCCCCN1C(=O)CCC[C@@H]1C=C[C@@H](OC(=O)NCCCC(O)(P(=O)(O)O)P(=O)(O)O)C(F)(F)c1ccccc1. The molecule has 0 spiro atoms. The first-order valence-corrected chi connectivity index (χ1v) is 18.5. The number of benzene rings is 1. The zero-order valence-corrected chi connectivity index (χ0v) is 27.9. The van der Waals surface area contributed by atoms with Crippen LogP contribution in [0.1, 0.15) is 76.7 Å². The Balaban J connectivity index is 2.11. The molecule has 0 bridgehead atoms. The molecule has 1 aliphatic heterocycles. The minimum absolute atomic E-state index is 0.145. The van der Waals surface area contributed by atoms with Gasteiger partial charge in [0, 0.05) is 37.9 Å². The third kappa shape index (κ3) is 12.0. The number of rotatable bonds is 19. The number of nitrogens with zero attached hydrogens (tertiary/aromatic N) is 1. The van der Waals surface area contributed by atoms with Crippen molar-refractivity contribution in [3.05, 3.63) is 48.0 Å². The van der Waals surface area contributed by atoms with E-state index in [0.717, 1.165) is 31.1 Å². The number of esters is 1. The highest BCUT2D eigenvalue weighted by atomic mass is 31.2. The molecule has 2 atom stereocenters. The van der Waals surface area contributed by atoms with Crippen molar-refractivity contribution in [3.63, 3.8) is 0 Å². The Labute approximate surface area is 271 Å². The van der Waals surface area contributed by atoms with Crippen LogP contribution in [0.3, 0.4) is 0 Å². The Bertz CT molecular complexity index is 1280. The fourth-order valence-corrected chi connectivity index (χ4v) is 7.25. The van der Waals surface area contributed by atoms with Crippen LogP contribution in [0.5, 0.6) is 0 Å². The maximum absolute atomic E-state index is 15.7. The number of halogens is 2. The van der Waals surface area contributed by atoms with Crippen LogP contribution in [-0.4, -0.2) is 84.5 Å². The highest BCUT2D eigenvalue weighted by Crippen LogP contribution is 2.69. The third-order valence-electron chi connectivity index (χ3n) is 7.60. The van der Waals surface area contributed by atoms with Crippen LogP contribution in [-0.2, 0) is 34.1 Å². The topological polar surface area (TPSA) is 220 Å². The Kier molecular flexibility index (Phi) is 15.6. The van der Waals surface area contributed by atoms with E-state index in [0.29, 0.717) is 51.7 Å². The van der Waals surface area contributed by atoms with Crippen LogP contribution in [0.15, 0.2) is 42.5 Å². The van der Waals surface area contributed by atoms with Crippen molar-refractivity contribution in [3.8, 4) is 0 Å². The van der Waals surface area contributed by atoms with Crippen molar-refractivity contribution in [2.45, 2.75) is 94.3 Å². The fraction of sp³-hybridized carbons (Fsp3) is 0.621. The molecule has 1 heterocycles. The molecule has 1 fully saturated rings. The second kappa shape index (κ2) is 18.2. The summed E-state index contributed by atoms with van der Waals surface area (Å²) in [6, 6.07) is 6.02. The number of aliphatic hydroxyl groups is 1. The molecule has 6 N–H and O–H groups in total. The molecule has 2 amide bonds. The maximum atomic E-state index is 15.7. The maximum Gasteiger partial charge on any atom is 0.407 e. The van der Waals surface area contributed by atoms with Gasteiger partial charge in [-0.15, -0.1) is 0 Å². The lowest BCUT2D eigenvalue weighted by Crippen LogP contribution is -2.43. The smallest absolute Gasteiger partial charge is 0.407 e. The zero-order valence-electron chi connectivity index (χ0n) is 26.1. The van der Waals surface area contributed by atoms with Crippen molar-refractivity contribution in [1.82, 2.24) is 10.2 Å². The third-order valence-corrected chi connectivity index (χ3v) is 11.5. The largest absolute Gasteiger partial charge is 0.466 e. The molecule has 2 rings (SSSR count). The molecule has 0 saturated carbocycles. The van der Waals surface area contributed by atoms with E-state index in [1.807, 2.05) is 0 Å². The Hall–Kier alpha value is -2.71. The van der Waals surface area contributed by atoms with Crippen LogP contribution in [0.2, 0.25) is 0 Å². The Morgan fingerprint density at radius 2 is 1.70 bits per heavy atom. The lowest BCUT2D eigenvalue weighted by Gasteiger charge is -2.34. The highest BCUT2D eigenvalue weighted by Gasteiger charge is 2.58. The van der Waals surface area contributed by atoms with Gasteiger partial charge >= 0.3 is 33.2 Å². The van der Waals surface area contributed by atoms with Crippen molar-refractivity contribution in [1.29, 1.82) is 0 Å². The van der Waals surface area contributed by atoms with Gasteiger partial charge in [0.05, 0.1) is 12.6 Å². The molecule has 0 aromatic heterocycles. The first-order valence-electron chi connectivity index (χ1n) is 15.3. The summed E-state index contributed by atoms with van der Waals surface area (Å²) in [5.74, 6) is -4.15. The summed E-state index contributed by atoms with van der Waals surface area (Å²) in [5.41, 5.74) is -0.463. The summed E-state index contributed by atoms with van der Waals surface area (Å²) >= 11 is 0. The number of hydrogen-bond acceptors (Lipinski definition) is 8. The van der Waals surface area contributed by atoms with Gasteiger partial charge in [-0.1, -0.05) is 49.2 Å². The zero-order chi connectivity index (χ0) is 35.3. The van der Waals surface area contributed by atoms with Gasteiger partial charge in [-0.05, 0) is 45.1 Å². The molecule has 1 aromatic rings. The van der Waals surface area contributed by atoms with Gasteiger partial charge in [0.2, 0.25) is 5.91 Å². The molecular formula is C29H44F2N2O12P2. The van der Waals surface area contributed by atoms with Gasteiger partial charge in [0.15, 0.2) is 6.10 Å². The summed E-state index contributed by atoms with van der Waals surface area (Å²) in [5, 5.41) is 8.36. The van der Waals surface area contributed by atoms with E-state index in [1.54, 1.807) is 11.8 Å². The van der Waals surface area contributed by atoms with Crippen LogP contribution < -0.4 is 5.32 Å². The number of alkyl halides is 2. The molecule has 1 saturated heterocycles. The lowest BCUT2D eigenvalue weighted by atomic mass is 9.97. The average molecular weight is 713 g/mol. The van der Waals surface area contributed by atoms with Crippen LogP contribution in [0.25, 0.3) is 0 Å². The van der Waals surface area contributed by atoms with Gasteiger partial charge in [0.1, 0.15) is 0 Å². The van der Waals surface area contributed by atoms with E-state index in [9.17, 15) is 48.2 Å². The number of carbonyl (C=O) groups is 3. The number of likely N-dealkylation sites (tertiary alicyclic amines) is 1. The van der Waals surface area contributed by atoms with Crippen molar-refractivity contribution in [2.75, 3.05) is 19.7 Å². The highest BCUT2D eigenvalue weighted by molar-refractivity contribution is 7.72. The second-order valence-electron chi connectivity index (χ2n) is 11.1. The molecule has 0 aliphatic carbocycles. The minimum Gasteiger partial charge on any atom is -0.466 e. The van der Waals surface area contributed by atoms with Crippen molar-refractivity contribution in [2.24, 2.45) is 0 Å². The molecule has 266 valence electrons. The number of hydrogen-bond donors (Lipinski definition) is 6. The van der Waals surface area contributed by atoms with E-state index in [2.05, 4.69) is 5.32 Å². The summed E-state index contributed by atoms with van der Waals surface area (Å²) in [6.07, 6.45) is 1.55. The monoisotopic (exact) mass is 712 g/mol. The van der Waals surface area contributed by atoms with E-state index >= 15 is 8.78 Å². The summed E-state index contributed by atoms with van der Waals surface area (Å²) in [4.78, 5) is 75.4. The van der Waals surface area contributed by atoms with Crippen molar-refractivity contribution >= 4 is 33.2 Å². The Morgan fingerprint density at radius 1 is 1.06 bits per heavy atom. The van der Waals surface area contributed by atoms with Gasteiger partial charge in [-0.25, -0.2) is 4.79 Å². The number of ether oxygens (including phenoxy) is 2. The van der Waals surface area contributed by atoms with Crippen LogP contribution >= 0.6 is 15.2 Å². The summed E-state index contributed by atoms with van der Waals surface area (Å²) < 4.78 is 64.3. The summed E-state index contributed by atoms with van der Waals surface area (Å²) in [7, 11) is -11.4. The average Bonchev–Trinajstić information content (AvgIpc) is 2.99. The van der Waals surface area contributed by atoms with Crippen molar-refractivity contribution < 1.29 is 66.4 Å². The Morgan fingerprint density at radius 3 is 2.32 bits per heavy atom. The second-order valence-corrected chi connectivity index (χ2v) is 15.1. The molecular weight excluding hydrogens is 668 g/mol. The van der Waals surface area contributed by atoms with E-state index in [1.165, 1.54) is 24.3 Å². The molecule has 18 heteroatoms. The molecule has 47 heavy (non-hydrogen) atoms. The van der Waals surface area contributed by atoms with Gasteiger partial charge in [-0.2, -0.15) is 8.78 Å². The number of nitrogens with one attached hydrogen (secondary N) is 1. The molecule has 0 radical (unpaired) electrons. The predicted octanol–water partition coefficient (Wildman–Crippen LogP) is 4.11.